The summed E-state index contributed by atoms with van der Waals surface area (Å²) < 4.78 is 0. The van der Waals surface area contributed by atoms with E-state index in [0.717, 1.165) is 32.1 Å². The number of carbonyl (C=O) groups is 1. The molecule has 0 aromatic carbocycles. The minimum absolute atomic E-state index is 0.0490. The Morgan fingerprint density at radius 1 is 1.23 bits per heavy atom. The molecule has 0 radical (unpaired) electrons. The molecule has 1 aliphatic rings. The lowest BCUT2D eigenvalue weighted by Gasteiger charge is -2.32. The highest BCUT2D eigenvalue weighted by Gasteiger charge is 2.33. The van der Waals surface area contributed by atoms with E-state index in [-0.39, 0.29) is 5.41 Å². The summed E-state index contributed by atoms with van der Waals surface area (Å²) in [5, 5.41) is 0. The van der Waals surface area contributed by atoms with Crippen LogP contribution in [-0.4, -0.2) is 5.78 Å². The lowest BCUT2D eigenvalue weighted by atomic mass is 9.71. The van der Waals surface area contributed by atoms with E-state index in [1.54, 1.807) is 0 Å². The van der Waals surface area contributed by atoms with Crippen LogP contribution in [0.5, 0.6) is 0 Å². The third-order valence-corrected chi connectivity index (χ3v) is 3.39. The van der Waals surface area contributed by atoms with Crippen molar-refractivity contribution in [1.82, 2.24) is 0 Å². The van der Waals surface area contributed by atoms with Crippen molar-refractivity contribution >= 4 is 5.78 Å². The normalized spacial score (nSPS) is 21.4. The summed E-state index contributed by atoms with van der Waals surface area (Å²) in [7, 11) is 0. The first-order valence-electron chi connectivity index (χ1n) is 5.72. The molecule has 1 saturated carbocycles. The van der Waals surface area contributed by atoms with Crippen LogP contribution < -0.4 is 0 Å². The molecule has 0 amide bonds. The topological polar surface area (TPSA) is 17.1 Å². The Morgan fingerprint density at radius 3 is 2.38 bits per heavy atom. The van der Waals surface area contributed by atoms with Gasteiger partial charge < -0.3 is 0 Å². The molecule has 1 nitrogen and oxygen atoms in total. The molecule has 0 aromatic heterocycles. The highest BCUT2D eigenvalue weighted by Crippen LogP contribution is 2.37. The second kappa shape index (κ2) is 4.78. The molecule has 1 heteroatoms. The summed E-state index contributed by atoms with van der Waals surface area (Å²) in [6.45, 7) is 4.32. The van der Waals surface area contributed by atoms with Gasteiger partial charge in [0.25, 0.3) is 0 Å². The molecule has 0 aromatic rings. The van der Waals surface area contributed by atoms with Crippen LogP contribution in [0.25, 0.3) is 0 Å². The molecule has 0 N–H and O–H groups in total. The van der Waals surface area contributed by atoms with Crippen LogP contribution in [0.3, 0.4) is 0 Å². The highest BCUT2D eigenvalue weighted by molar-refractivity contribution is 5.84. The Hall–Kier alpha value is -0.330. The van der Waals surface area contributed by atoms with E-state index in [2.05, 4.69) is 13.8 Å². The van der Waals surface area contributed by atoms with Gasteiger partial charge in [-0.2, -0.15) is 0 Å². The minimum atomic E-state index is 0.0490. The van der Waals surface area contributed by atoms with Crippen LogP contribution in [0.1, 0.15) is 65.2 Å². The van der Waals surface area contributed by atoms with E-state index in [9.17, 15) is 4.79 Å². The molecule has 0 saturated heterocycles. The summed E-state index contributed by atoms with van der Waals surface area (Å²) in [4.78, 5) is 11.9. The van der Waals surface area contributed by atoms with Crippen LogP contribution in [-0.2, 0) is 4.79 Å². The molecule has 13 heavy (non-hydrogen) atoms. The molecular formula is C12H22O. The van der Waals surface area contributed by atoms with E-state index in [1.807, 2.05) is 0 Å². The van der Waals surface area contributed by atoms with Crippen molar-refractivity contribution in [1.29, 1.82) is 0 Å². The van der Waals surface area contributed by atoms with Gasteiger partial charge in [-0.3, -0.25) is 4.79 Å². The molecule has 0 unspecified atom stereocenters. The molecule has 0 atom stereocenters. The Morgan fingerprint density at radius 2 is 1.85 bits per heavy atom. The fourth-order valence-electron chi connectivity index (χ4n) is 2.25. The van der Waals surface area contributed by atoms with Gasteiger partial charge in [0.1, 0.15) is 5.78 Å². The predicted octanol–water partition coefficient (Wildman–Crippen LogP) is 3.72. The third kappa shape index (κ3) is 2.82. The lowest BCUT2D eigenvalue weighted by molar-refractivity contribution is -0.129. The molecule has 76 valence electrons. The minimum Gasteiger partial charge on any atom is -0.299 e. The lowest BCUT2D eigenvalue weighted by Crippen LogP contribution is -2.30. The third-order valence-electron chi connectivity index (χ3n) is 3.39. The number of Topliss-reactive ketones (excluding diaryl/α,β-unsaturated/α-hetero) is 1. The first-order valence-corrected chi connectivity index (χ1v) is 5.72. The molecule has 1 aliphatic carbocycles. The quantitative estimate of drug-likeness (QED) is 0.647. The number of hydrogen-bond donors (Lipinski definition) is 0. The van der Waals surface area contributed by atoms with E-state index in [4.69, 9.17) is 0 Å². The molecule has 1 rings (SSSR count). The van der Waals surface area contributed by atoms with Crippen LogP contribution in [0.15, 0.2) is 0 Å². The zero-order valence-electron chi connectivity index (χ0n) is 9.07. The zero-order chi connectivity index (χ0) is 9.73. The van der Waals surface area contributed by atoms with Gasteiger partial charge in [0, 0.05) is 11.8 Å². The SMILES string of the molecule is CCCCC(=O)C1(C)CCCCC1. The largest absolute Gasteiger partial charge is 0.299 e. The van der Waals surface area contributed by atoms with Crippen molar-refractivity contribution in [3.05, 3.63) is 0 Å². The maximum atomic E-state index is 11.9. The average Bonchev–Trinajstić information content (AvgIpc) is 2.15. The first-order chi connectivity index (χ1) is 6.19. The number of hydrogen-bond acceptors (Lipinski definition) is 1. The Labute approximate surface area is 81.9 Å². The molecular weight excluding hydrogens is 160 g/mol. The molecule has 0 bridgehead atoms. The van der Waals surface area contributed by atoms with Crippen LogP contribution in [0.2, 0.25) is 0 Å². The summed E-state index contributed by atoms with van der Waals surface area (Å²) >= 11 is 0. The Balaban J connectivity index is 2.42. The van der Waals surface area contributed by atoms with Crippen molar-refractivity contribution in [3.63, 3.8) is 0 Å². The second-order valence-electron chi connectivity index (χ2n) is 4.65. The van der Waals surface area contributed by atoms with Gasteiger partial charge in [-0.1, -0.05) is 39.5 Å². The average molecular weight is 182 g/mol. The standard InChI is InChI=1S/C12H22O/c1-3-4-8-11(13)12(2)9-6-5-7-10-12/h3-10H2,1-2H3. The van der Waals surface area contributed by atoms with Gasteiger partial charge >= 0.3 is 0 Å². The van der Waals surface area contributed by atoms with Gasteiger partial charge in [-0.15, -0.1) is 0 Å². The fraction of sp³-hybridized carbons (Fsp3) is 0.917. The fourth-order valence-corrected chi connectivity index (χ4v) is 2.25. The van der Waals surface area contributed by atoms with Gasteiger partial charge in [-0.25, -0.2) is 0 Å². The van der Waals surface area contributed by atoms with Crippen LogP contribution in [0, 0.1) is 5.41 Å². The first kappa shape index (κ1) is 10.7. The van der Waals surface area contributed by atoms with E-state index in [1.165, 1.54) is 19.3 Å². The maximum absolute atomic E-state index is 11.9. The zero-order valence-corrected chi connectivity index (χ0v) is 9.07. The van der Waals surface area contributed by atoms with Crippen LogP contribution in [0.4, 0.5) is 0 Å². The number of unbranched alkanes of at least 4 members (excludes halogenated alkanes) is 1. The Kier molecular flexibility index (Phi) is 3.95. The summed E-state index contributed by atoms with van der Waals surface area (Å²) in [6.07, 6.45) is 9.15. The number of ketones is 1. The van der Waals surface area contributed by atoms with Crippen molar-refractivity contribution in [2.24, 2.45) is 5.41 Å². The number of carbonyl (C=O) groups excluding carboxylic acids is 1. The maximum Gasteiger partial charge on any atom is 0.138 e. The number of rotatable bonds is 4. The van der Waals surface area contributed by atoms with Gasteiger partial charge in [0.2, 0.25) is 0 Å². The van der Waals surface area contributed by atoms with E-state index >= 15 is 0 Å². The van der Waals surface area contributed by atoms with Crippen molar-refractivity contribution in [2.45, 2.75) is 65.2 Å². The van der Waals surface area contributed by atoms with Crippen molar-refractivity contribution in [3.8, 4) is 0 Å². The van der Waals surface area contributed by atoms with Crippen molar-refractivity contribution < 1.29 is 4.79 Å². The van der Waals surface area contributed by atoms with E-state index < -0.39 is 0 Å². The van der Waals surface area contributed by atoms with Gasteiger partial charge in [0.15, 0.2) is 0 Å². The highest BCUT2D eigenvalue weighted by atomic mass is 16.1. The molecule has 0 aliphatic heterocycles. The molecule has 0 heterocycles. The molecule has 0 spiro atoms. The van der Waals surface area contributed by atoms with E-state index in [0.29, 0.717) is 5.78 Å². The second-order valence-corrected chi connectivity index (χ2v) is 4.65. The monoisotopic (exact) mass is 182 g/mol. The summed E-state index contributed by atoms with van der Waals surface area (Å²) in [6, 6.07) is 0. The predicted molar refractivity (Wildman–Crippen MR) is 55.7 cm³/mol. The summed E-state index contributed by atoms with van der Waals surface area (Å²) in [5.41, 5.74) is 0.0490. The Bertz CT molecular complexity index is 166. The summed E-state index contributed by atoms with van der Waals surface area (Å²) in [5.74, 6) is 0.522. The van der Waals surface area contributed by atoms with Gasteiger partial charge in [0.05, 0.1) is 0 Å². The van der Waals surface area contributed by atoms with Gasteiger partial charge in [-0.05, 0) is 19.3 Å². The smallest absolute Gasteiger partial charge is 0.138 e. The van der Waals surface area contributed by atoms with Crippen molar-refractivity contribution in [2.75, 3.05) is 0 Å². The van der Waals surface area contributed by atoms with Crippen LogP contribution >= 0.6 is 0 Å². The molecule has 1 fully saturated rings.